The molecular weight excluding hydrogens is 206 g/mol. The summed E-state index contributed by atoms with van der Waals surface area (Å²) in [6.45, 7) is 3.93. The number of hydrogen-bond acceptors (Lipinski definition) is 3. The molecule has 16 heavy (non-hydrogen) atoms. The zero-order valence-electron chi connectivity index (χ0n) is 9.86. The van der Waals surface area contributed by atoms with E-state index in [2.05, 4.69) is 5.32 Å². The predicted molar refractivity (Wildman–Crippen MR) is 60.7 cm³/mol. The number of esters is 1. The zero-order chi connectivity index (χ0) is 12.0. The summed E-state index contributed by atoms with van der Waals surface area (Å²) in [4.78, 5) is 22.9. The van der Waals surface area contributed by atoms with E-state index in [-0.39, 0.29) is 30.4 Å². The Morgan fingerprint density at radius 2 is 2.06 bits per heavy atom. The van der Waals surface area contributed by atoms with Crippen molar-refractivity contribution in [3.63, 3.8) is 0 Å². The Labute approximate surface area is 96.0 Å². The van der Waals surface area contributed by atoms with E-state index in [0.717, 1.165) is 6.42 Å². The van der Waals surface area contributed by atoms with Gasteiger partial charge in [0.25, 0.3) is 0 Å². The van der Waals surface area contributed by atoms with Crippen LogP contribution in [0.25, 0.3) is 0 Å². The van der Waals surface area contributed by atoms with Crippen molar-refractivity contribution in [2.45, 2.75) is 39.2 Å². The van der Waals surface area contributed by atoms with Crippen LogP contribution < -0.4 is 5.32 Å². The number of nitrogens with one attached hydrogen (secondary N) is 1. The fourth-order valence-electron chi connectivity index (χ4n) is 1.47. The molecule has 2 atom stereocenters. The summed E-state index contributed by atoms with van der Waals surface area (Å²) in [5.74, 6) is -0.313. The Bertz CT molecular complexity index is 286. The van der Waals surface area contributed by atoms with E-state index in [4.69, 9.17) is 4.74 Å². The lowest BCUT2D eigenvalue weighted by Crippen LogP contribution is -2.37. The topological polar surface area (TPSA) is 55.4 Å². The average molecular weight is 225 g/mol. The molecule has 4 nitrogen and oxygen atoms in total. The van der Waals surface area contributed by atoms with Gasteiger partial charge in [0.05, 0.1) is 12.0 Å². The van der Waals surface area contributed by atoms with Crippen molar-refractivity contribution in [2.75, 3.05) is 6.61 Å². The van der Waals surface area contributed by atoms with Crippen LogP contribution >= 0.6 is 0 Å². The van der Waals surface area contributed by atoms with E-state index in [9.17, 15) is 9.59 Å². The Morgan fingerprint density at radius 3 is 2.81 bits per heavy atom. The van der Waals surface area contributed by atoms with E-state index >= 15 is 0 Å². The van der Waals surface area contributed by atoms with Crippen LogP contribution in [0.1, 0.15) is 33.1 Å². The Balaban J connectivity index is 2.58. The minimum absolute atomic E-state index is 0.00169. The molecule has 1 heterocycles. The van der Waals surface area contributed by atoms with Gasteiger partial charge in [0, 0.05) is 6.42 Å². The maximum absolute atomic E-state index is 11.5. The van der Waals surface area contributed by atoms with Gasteiger partial charge in [-0.2, -0.15) is 0 Å². The third kappa shape index (κ3) is 4.47. The standard InChI is InChI=1S/C12H19NO3/c1-9-6-4-3-5-7-11(14)13-10(2)8-16-12(9)15/h3-4,9-10H,5-8H2,1-2H3,(H,13,14)/t9-,10+/m1/s1. The highest BCUT2D eigenvalue weighted by Gasteiger charge is 2.15. The van der Waals surface area contributed by atoms with Crippen molar-refractivity contribution < 1.29 is 14.3 Å². The quantitative estimate of drug-likeness (QED) is 0.501. The van der Waals surface area contributed by atoms with Crippen molar-refractivity contribution in [1.29, 1.82) is 0 Å². The lowest BCUT2D eigenvalue weighted by molar-refractivity contribution is -0.149. The molecule has 0 spiro atoms. The molecule has 0 aromatic carbocycles. The molecule has 0 aromatic heterocycles. The molecule has 1 aliphatic rings. The van der Waals surface area contributed by atoms with E-state index in [0.29, 0.717) is 12.8 Å². The van der Waals surface area contributed by atoms with Gasteiger partial charge in [-0.15, -0.1) is 0 Å². The van der Waals surface area contributed by atoms with Crippen LogP contribution in [0.4, 0.5) is 0 Å². The lowest BCUT2D eigenvalue weighted by Gasteiger charge is -2.16. The number of carbonyl (C=O) groups is 2. The van der Waals surface area contributed by atoms with Crippen molar-refractivity contribution in [3.05, 3.63) is 12.2 Å². The van der Waals surface area contributed by atoms with Gasteiger partial charge in [-0.3, -0.25) is 9.59 Å². The summed E-state index contributed by atoms with van der Waals surface area (Å²) in [5.41, 5.74) is 0. The van der Waals surface area contributed by atoms with Crippen molar-refractivity contribution in [2.24, 2.45) is 5.92 Å². The summed E-state index contributed by atoms with van der Waals surface area (Å²) in [6.07, 6.45) is 5.76. The maximum atomic E-state index is 11.5. The van der Waals surface area contributed by atoms with E-state index in [1.165, 1.54) is 0 Å². The molecule has 0 aromatic rings. The Kier molecular flexibility index (Phi) is 5.02. The molecule has 1 aliphatic heterocycles. The fraction of sp³-hybridized carbons (Fsp3) is 0.667. The normalized spacial score (nSPS) is 28.6. The first-order valence-electron chi connectivity index (χ1n) is 5.70. The van der Waals surface area contributed by atoms with E-state index in [1.807, 2.05) is 26.0 Å². The third-order valence-corrected chi connectivity index (χ3v) is 2.48. The number of hydrogen-bond donors (Lipinski definition) is 1. The molecule has 90 valence electrons. The Morgan fingerprint density at radius 1 is 1.31 bits per heavy atom. The van der Waals surface area contributed by atoms with Crippen LogP contribution in [0, 0.1) is 5.92 Å². The van der Waals surface area contributed by atoms with Gasteiger partial charge in [0.2, 0.25) is 5.91 Å². The molecule has 0 fully saturated rings. The van der Waals surface area contributed by atoms with Crippen LogP contribution in [0.5, 0.6) is 0 Å². The van der Waals surface area contributed by atoms with E-state index in [1.54, 1.807) is 0 Å². The SMILES string of the molecule is C[C@@H]1CC=CCCC(=O)N[C@@H](C)COC1=O. The number of allylic oxidation sites excluding steroid dienone is 2. The largest absolute Gasteiger partial charge is 0.463 e. The van der Waals surface area contributed by atoms with Gasteiger partial charge in [-0.25, -0.2) is 0 Å². The summed E-state index contributed by atoms with van der Waals surface area (Å²) in [6, 6.07) is -0.118. The third-order valence-electron chi connectivity index (χ3n) is 2.48. The van der Waals surface area contributed by atoms with Crippen LogP contribution in [0.3, 0.4) is 0 Å². The van der Waals surface area contributed by atoms with Gasteiger partial charge in [0.1, 0.15) is 6.61 Å². The van der Waals surface area contributed by atoms with Crippen molar-refractivity contribution in [3.8, 4) is 0 Å². The molecule has 1 amide bonds. The summed E-state index contributed by atoms with van der Waals surface area (Å²) in [5, 5.41) is 2.78. The monoisotopic (exact) mass is 225 g/mol. The highest BCUT2D eigenvalue weighted by molar-refractivity contribution is 5.76. The van der Waals surface area contributed by atoms with Gasteiger partial charge in [0.15, 0.2) is 0 Å². The first kappa shape index (κ1) is 12.7. The van der Waals surface area contributed by atoms with Gasteiger partial charge in [-0.05, 0) is 19.8 Å². The number of amides is 1. The second-order valence-corrected chi connectivity index (χ2v) is 4.25. The minimum Gasteiger partial charge on any atom is -0.463 e. The highest BCUT2D eigenvalue weighted by Crippen LogP contribution is 2.07. The molecular formula is C12H19NO3. The van der Waals surface area contributed by atoms with Crippen LogP contribution in [-0.4, -0.2) is 24.5 Å². The van der Waals surface area contributed by atoms with Gasteiger partial charge < -0.3 is 10.1 Å². The van der Waals surface area contributed by atoms with Gasteiger partial charge >= 0.3 is 5.97 Å². The molecule has 0 radical (unpaired) electrons. The number of ether oxygens (including phenoxy) is 1. The summed E-state index contributed by atoms with van der Waals surface area (Å²) in [7, 11) is 0. The second kappa shape index (κ2) is 6.30. The number of carbonyl (C=O) groups excluding carboxylic acids is 2. The molecule has 4 heteroatoms. The van der Waals surface area contributed by atoms with Crippen LogP contribution in [0.15, 0.2) is 12.2 Å². The second-order valence-electron chi connectivity index (χ2n) is 4.25. The highest BCUT2D eigenvalue weighted by atomic mass is 16.5. The average Bonchev–Trinajstić information content (AvgIpc) is 2.23. The maximum Gasteiger partial charge on any atom is 0.309 e. The smallest absolute Gasteiger partial charge is 0.309 e. The molecule has 0 aliphatic carbocycles. The lowest BCUT2D eigenvalue weighted by atomic mass is 10.1. The van der Waals surface area contributed by atoms with Crippen molar-refractivity contribution in [1.82, 2.24) is 5.32 Å². The predicted octanol–water partition coefficient (Wildman–Crippen LogP) is 1.41. The zero-order valence-corrected chi connectivity index (χ0v) is 9.86. The molecule has 0 unspecified atom stereocenters. The van der Waals surface area contributed by atoms with E-state index < -0.39 is 0 Å². The molecule has 0 saturated heterocycles. The molecule has 1 N–H and O–H groups in total. The Hall–Kier alpha value is -1.32. The number of cyclic esters (lactones) is 1. The summed E-state index contributed by atoms with van der Waals surface area (Å²) >= 11 is 0. The van der Waals surface area contributed by atoms with Crippen LogP contribution in [-0.2, 0) is 14.3 Å². The van der Waals surface area contributed by atoms with Gasteiger partial charge in [-0.1, -0.05) is 19.1 Å². The molecule has 0 saturated carbocycles. The fourth-order valence-corrected chi connectivity index (χ4v) is 1.47. The summed E-state index contributed by atoms with van der Waals surface area (Å²) < 4.78 is 5.10. The minimum atomic E-state index is -0.202. The number of rotatable bonds is 0. The molecule has 0 bridgehead atoms. The first-order valence-corrected chi connectivity index (χ1v) is 5.70. The van der Waals surface area contributed by atoms with Crippen molar-refractivity contribution >= 4 is 11.9 Å². The van der Waals surface area contributed by atoms with Crippen LogP contribution in [0.2, 0.25) is 0 Å². The first-order chi connectivity index (χ1) is 7.59. The molecule has 1 rings (SSSR count).